The SMILES string of the molecule is Cn1cc(-c2nc(N3CCOCC3)c3nc(C(=O)N4CC[C@@H](NS(C)(=O)=O)C4)[nH]c3n2)cn1. The zero-order chi connectivity index (χ0) is 23.2. The van der Waals surface area contributed by atoms with Gasteiger partial charge in [-0.15, -0.1) is 0 Å². The van der Waals surface area contributed by atoms with Crippen molar-refractivity contribution in [2.75, 3.05) is 50.5 Å². The van der Waals surface area contributed by atoms with E-state index in [0.29, 0.717) is 62.1 Å². The van der Waals surface area contributed by atoms with Crippen molar-refractivity contribution in [2.24, 2.45) is 7.05 Å². The quantitative estimate of drug-likeness (QED) is 0.491. The van der Waals surface area contributed by atoms with Gasteiger partial charge < -0.3 is 19.5 Å². The third-order valence-corrected chi connectivity index (χ3v) is 6.42. The first-order valence-electron chi connectivity index (χ1n) is 10.6. The Hall–Kier alpha value is -3.10. The topological polar surface area (TPSA) is 151 Å². The van der Waals surface area contributed by atoms with E-state index in [-0.39, 0.29) is 24.3 Å². The molecule has 0 bridgehead atoms. The lowest BCUT2D eigenvalue weighted by molar-refractivity contribution is 0.0779. The molecule has 176 valence electrons. The van der Waals surface area contributed by atoms with Gasteiger partial charge in [-0.3, -0.25) is 9.48 Å². The van der Waals surface area contributed by atoms with Crippen LogP contribution in [0, 0.1) is 0 Å². The molecule has 1 atom stereocenters. The number of carbonyl (C=O) groups excluding carboxylic acids is 1. The minimum absolute atomic E-state index is 0.150. The molecular weight excluding hydrogens is 450 g/mol. The molecule has 0 radical (unpaired) electrons. The number of aryl methyl sites for hydroxylation is 1. The summed E-state index contributed by atoms with van der Waals surface area (Å²) in [5, 5.41) is 4.20. The van der Waals surface area contributed by atoms with E-state index in [9.17, 15) is 13.2 Å². The molecule has 2 saturated heterocycles. The second-order valence-corrected chi connectivity index (χ2v) is 10.1. The molecule has 0 aliphatic carbocycles. The lowest BCUT2D eigenvalue weighted by Gasteiger charge is -2.28. The normalized spacial score (nSPS) is 19.5. The highest BCUT2D eigenvalue weighted by atomic mass is 32.2. The minimum atomic E-state index is -3.34. The van der Waals surface area contributed by atoms with Crippen LogP contribution in [0.5, 0.6) is 0 Å². The number of aromatic amines is 1. The van der Waals surface area contributed by atoms with E-state index < -0.39 is 10.0 Å². The largest absolute Gasteiger partial charge is 0.378 e. The molecule has 0 saturated carbocycles. The van der Waals surface area contributed by atoms with Gasteiger partial charge >= 0.3 is 0 Å². The average Bonchev–Trinajstić information content (AvgIpc) is 3.51. The number of anilines is 1. The van der Waals surface area contributed by atoms with Crippen molar-refractivity contribution >= 4 is 32.9 Å². The lowest BCUT2D eigenvalue weighted by atomic mass is 10.3. The summed E-state index contributed by atoms with van der Waals surface area (Å²) in [5.74, 6) is 0.965. The number of hydrogen-bond donors (Lipinski definition) is 2. The minimum Gasteiger partial charge on any atom is -0.378 e. The number of nitrogens with zero attached hydrogens (tertiary/aromatic N) is 7. The van der Waals surface area contributed by atoms with Crippen molar-refractivity contribution in [3.05, 3.63) is 18.2 Å². The third-order valence-electron chi connectivity index (χ3n) is 5.66. The van der Waals surface area contributed by atoms with E-state index in [1.165, 1.54) is 0 Å². The van der Waals surface area contributed by atoms with Gasteiger partial charge in [-0.1, -0.05) is 0 Å². The summed E-state index contributed by atoms with van der Waals surface area (Å²) in [7, 11) is -1.52. The maximum atomic E-state index is 13.1. The van der Waals surface area contributed by atoms with Gasteiger partial charge in [0.2, 0.25) is 10.0 Å². The smallest absolute Gasteiger partial charge is 0.289 e. The number of carbonyl (C=O) groups is 1. The Balaban J connectivity index is 1.49. The molecule has 13 nitrogen and oxygen atoms in total. The standard InChI is InChI=1S/C19H25N9O4S/c1-26-10-12(9-20-26)15-22-16-14(18(24-15)27-5-7-32-8-6-27)21-17(23-16)19(29)28-4-3-13(11-28)25-33(2,30)31/h9-10,13,25H,3-8,11H2,1-2H3,(H,21,22,23,24)/t13-/m1/s1. The number of hydrogen-bond acceptors (Lipinski definition) is 9. The molecule has 1 amide bonds. The Morgan fingerprint density at radius 1 is 1.21 bits per heavy atom. The van der Waals surface area contributed by atoms with E-state index in [1.54, 1.807) is 15.8 Å². The first-order valence-corrected chi connectivity index (χ1v) is 12.5. The van der Waals surface area contributed by atoms with Crippen LogP contribution in [0.4, 0.5) is 5.82 Å². The lowest BCUT2D eigenvalue weighted by Crippen LogP contribution is -2.38. The van der Waals surface area contributed by atoms with Crippen LogP contribution in [0.25, 0.3) is 22.6 Å². The molecule has 0 spiro atoms. The molecule has 3 aromatic heterocycles. The van der Waals surface area contributed by atoms with Gasteiger partial charge in [0.25, 0.3) is 5.91 Å². The monoisotopic (exact) mass is 475 g/mol. The molecule has 33 heavy (non-hydrogen) atoms. The van der Waals surface area contributed by atoms with E-state index >= 15 is 0 Å². The van der Waals surface area contributed by atoms with Crippen LogP contribution >= 0.6 is 0 Å². The maximum Gasteiger partial charge on any atom is 0.289 e. The highest BCUT2D eigenvalue weighted by Gasteiger charge is 2.31. The average molecular weight is 476 g/mol. The zero-order valence-corrected chi connectivity index (χ0v) is 19.2. The summed E-state index contributed by atoms with van der Waals surface area (Å²) >= 11 is 0. The number of morpholine rings is 1. The van der Waals surface area contributed by atoms with Gasteiger partial charge in [-0.25, -0.2) is 28.1 Å². The van der Waals surface area contributed by atoms with Crippen LogP contribution in [-0.2, 0) is 21.8 Å². The first kappa shape index (κ1) is 21.7. The van der Waals surface area contributed by atoms with E-state index in [4.69, 9.17) is 9.72 Å². The highest BCUT2D eigenvalue weighted by Crippen LogP contribution is 2.27. The number of rotatable bonds is 5. The molecule has 2 fully saturated rings. The van der Waals surface area contributed by atoms with Gasteiger partial charge in [0.05, 0.1) is 31.2 Å². The van der Waals surface area contributed by atoms with Crippen LogP contribution in [0.1, 0.15) is 17.0 Å². The summed E-state index contributed by atoms with van der Waals surface area (Å²) < 4.78 is 32.7. The predicted molar refractivity (Wildman–Crippen MR) is 119 cm³/mol. The fourth-order valence-electron chi connectivity index (χ4n) is 4.14. The number of H-pyrrole nitrogens is 1. The predicted octanol–water partition coefficient (Wildman–Crippen LogP) is -0.646. The van der Waals surface area contributed by atoms with Crippen LogP contribution < -0.4 is 9.62 Å². The second kappa shape index (κ2) is 8.35. The molecule has 14 heteroatoms. The Morgan fingerprint density at radius 3 is 2.70 bits per heavy atom. The third kappa shape index (κ3) is 4.54. The number of nitrogens with one attached hydrogen (secondary N) is 2. The van der Waals surface area contributed by atoms with E-state index in [2.05, 4.69) is 29.7 Å². The van der Waals surface area contributed by atoms with Crippen LogP contribution in [0.2, 0.25) is 0 Å². The maximum absolute atomic E-state index is 13.1. The molecule has 5 rings (SSSR count). The second-order valence-electron chi connectivity index (χ2n) is 8.28. The van der Waals surface area contributed by atoms with Crippen molar-refractivity contribution in [3.63, 3.8) is 0 Å². The molecule has 2 aliphatic heterocycles. The summed E-state index contributed by atoms with van der Waals surface area (Å²) in [6, 6.07) is -0.311. The summed E-state index contributed by atoms with van der Waals surface area (Å²) in [5.41, 5.74) is 1.72. The number of fused-ring (bicyclic) bond motifs is 1. The summed E-state index contributed by atoms with van der Waals surface area (Å²) in [6.07, 6.45) is 5.17. The Bertz CT molecular complexity index is 1300. The number of likely N-dealkylation sites (tertiary alicyclic amines) is 1. The van der Waals surface area contributed by atoms with Crippen molar-refractivity contribution in [1.82, 2.24) is 39.3 Å². The Morgan fingerprint density at radius 2 is 2.00 bits per heavy atom. The Labute approximate surface area is 190 Å². The van der Waals surface area contributed by atoms with Crippen LogP contribution in [0.15, 0.2) is 12.4 Å². The van der Waals surface area contributed by atoms with Crippen molar-refractivity contribution in [2.45, 2.75) is 12.5 Å². The summed E-state index contributed by atoms with van der Waals surface area (Å²) in [6.45, 7) is 3.18. The van der Waals surface area contributed by atoms with Crippen LogP contribution in [0.3, 0.4) is 0 Å². The number of ether oxygens (including phenoxy) is 1. The van der Waals surface area contributed by atoms with Gasteiger partial charge in [-0.05, 0) is 6.42 Å². The highest BCUT2D eigenvalue weighted by molar-refractivity contribution is 7.88. The van der Waals surface area contributed by atoms with Gasteiger partial charge in [0.1, 0.15) is 0 Å². The number of amides is 1. The Kier molecular flexibility index (Phi) is 5.50. The molecule has 2 N–H and O–H groups in total. The molecule has 0 unspecified atom stereocenters. The summed E-state index contributed by atoms with van der Waals surface area (Å²) in [4.78, 5) is 33.8. The zero-order valence-electron chi connectivity index (χ0n) is 18.4. The van der Waals surface area contributed by atoms with Crippen LogP contribution in [-0.4, -0.2) is 101 Å². The number of imidazole rings is 1. The fourth-order valence-corrected chi connectivity index (χ4v) is 4.94. The molecular formula is C19H25N9O4S. The van der Waals surface area contributed by atoms with E-state index in [1.807, 2.05) is 13.2 Å². The van der Waals surface area contributed by atoms with Gasteiger partial charge in [0.15, 0.2) is 28.6 Å². The molecule has 2 aliphatic rings. The van der Waals surface area contributed by atoms with Gasteiger partial charge in [-0.2, -0.15) is 5.10 Å². The van der Waals surface area contributed by atoms with E-state index in [0.717, 1.165) is 11.8 Å². The number of aromatic nitrogens is 6. The molecule has 3 aromatic rings. The van der Waals surface area contributed by atoms with Gasteiger partial charge in [0, 0.05) is 45.5 Å². The molecule has 5 heterocycles. The fraction of sp³-hybridized carbons (Fsp3) is 0.526. The van der Waals surface area contributed by atoms with Crippen molar-refractivity contribution < 1.29 is 17.9 Å². The molecule has 0 aromatic carbocycles. The van der Waals surface area contributed by atoms with Crippen molar-refractivity contribution in [3.8, 4) is 11.4 Å². The number of sulfonamides is 1. The first-order chi connectivity index (χ1) is 15.8. The van der Waals surface area contributed by atoms with Crippen molar-refractivity contribution in [1.29, 1.82) is 0 Å².